The van der Waals surface area contributed by atoms with Gasteiger partial charge in [-0.15, -0.1) is 13.2 Å². The van der Waals surface area contributed by atoms with Crippen LogP contribution in [-0.2, 0) is 4.79 Å². The Balaban J connectivity index is 0.000000287. The Morgan fingerprint density at radius 2 is 1.53 bits per heavy atom. The number of phenols is 1. The van der Waals surface area contributed by atoms with Crippen molar-refractivity contribution < 1.29 is 64.0 Å². The predicted molar refractivity (Wildman–Crippen MR) is 99.2 cm³/mol. The summed E-state index contributed by atoms with van der Waals surface area (Å²) >= 11 is -0.465. The molecule has 0 fully saturated rings. The number of alkyl halides is 9. The summed E-state index contributed by atoms with van der Waals surface area (Å²) in [5, 5.41) is 17.5. The maximum atomic E-state index is 12.8. The summed E-state index contributed by atoms with van der Waals surface area (Å²) in [6, 6.07) is 7.10. The van der Waals surface area contributed by atoms with Crippen LogP contribution in [0.1, 0.15) is 5.56 Å². The number of fused-ring (bicyclic) bond motifs is 1. The minimum atomic E-state index is -4.96. The third-order valence-electron chi connectivity index (χ3n) is 3.67. The second-order valence-corrected chi connectivity index (χ2v) is 7.37. The third-order valence-corrected chi connectivity index (χ3v) is 4.39. The van der Waals surface area contributed by atoms with E-state index in [2.05, 4.69) is 9.47 Å². The molecule has 186 valence electrons. The molecular formula is C19H11F9O5S. The van der Waals surface area contributed by atoms with Gasteiger partial charge in [-0.3, -0.25) is 0 Å². The molecule has 0 aromatic heterocycles. The van der Waals surface area contributed by atoms with E-state index in [1.54, 1.807) is 0 Å². The lowest BCUT2D eigenvalue weighted by Crippen LogP contribution is -2.40. The average molecular weight is 522 g/mol. The molecule has 2 aromatic carbocycles. The maximum absolute atomic E-state index is 12.8. The number of carboxylic acid groups (broad SMARTS) is 1. The van der Waals surface area contributed by atoms with Crippen LogP contribution in [0.2, 0.25) is 0 Å². The van der Waals surface area contributed by atoms with Crippen molar-refractivity contribution in [2.24, 2.45) is 0 Å². The Labute approximate surface area is 188 Å². The van der Waals surface area contributed by atoms with Gasteiger partial charge in [0.15, 0.2) is 0 Å². The highest BCUT2D eigenvalue weighted by molar-refractivity contribution is 8.00. The first-order valence-corrected chi connectivity index (χ1v) is 9.39. The molecule has 0 bridgehead atoms. The summed E-state index contributed by atoms with van der Waals surface area (Å²) in [7, 11) is 0. The molecule has 1 aliphatic heterocycles. The number of aliphatic carboxylic acids is 1. The molecular weight excluding hydrogens is 511 g/mol. The Morgan fingerprint density at radius 1 is 0.941 bits per heavy atom. The van der Waals surface area contributed by atoms with E-state index < -0.39 is 47.5 Å². The molecule has 2 aromatic rings. The van der Waals surface area contributed by atoms with Crippen LogP contribution in [0, 0.1) is 0 Å². The van der Waals surface area contributed by atoms with Crippen molar-refractivity contribution in [2.45, 2.75) is 29.0 Å². The number of ether oxygens (including phenoxy) is 2. The summed E-state index contributed by atoms with van der Waals surface area (Å²) in [5.41, 5.74) is -5.82. The van der Waals surface area contributed by atoms with E-state index in [1.807, 2.05) is 0 Å². The number of rotatable bonds is 3. The smallest absolute Gasteiger partial charge is 0.508 e. The largest absolute Gasteiger partial charge is 0.573 e. The van der Waals surface area contributed by atoms with Gasteiger partial charge in [-0.1, -0.05) is 0 Å². The van der Waals surface area contributed by atoms with Crippen molar-refractivity contribution >= 4 is 23.8 Å². The van der Waals surface area contributed by atoms with Gasteiger partial charge in [-0.25, -0.2) is 4.79 Å². The van der Waals surface area contributed by atoms with Crippen molar-refractivity contribution in [1.29, 1.82) is 0 Å². The van der Waals surface area contributed by atoms with E-state index in [0.717, 1.165) is 42.5 Å². The lowest BCUT2D eigenvalue weighted by Gasteiger charge is -2.27. The van der Waals surface area contributed by atoms with Gasteiger partial charge in [0.2, 0.25) is 6.10 Å². The Bertz CT molecular complexity index is 1040. The van der Waals surface area contributed by atoms with Crippen LogP contribution in [0.25, 0.3) is 6.08 Å². The average Bonchev–Trinajstić information content (AvgIpc) is 2.66. The van der Waals surface area contributed by atoms with Crippen LogP contribution in [0.4, 0.5) is 39.5 Å². The van der Waals surface area contributed by atoms with Gasteiger partial charge in [0, 0.05) is 10.5 Å². The summed E-state index contributed by atoms with van der Waals surface area (Å²) in [6.07, 6.45) is -11.6. The van der Waals surface area contributed by atoms with Crippen molar-refractivity contribution in [3.8, 4) is 17.2 Å². The van der Waals surface area contributed by atoms with E-state index in [9.17, 15) is 44.3 Å². The topological polar surface area (TPSA) is 76.0 Å². The van der Waals surface area contributed by atoms with Crippen molar-refractivity contribution in [2.75, 3.05) is 0 Å². The molecule has 1 atom stereocenters. The second kappa shape index (κ2) is 9.95. The second-order valence-electron chi connectivity index (χ2n) is 6.23. The zero-order valence-corrected chi connectivity index (χ0v) is 16.9. The molecule has 1 heterocycles. The molecule has 0 saturated heterocycles. The monoisotopic (exact) mass is 522 g/mol. The van der Waals surface area contributed by atoms with Crippen LogP contribution in [0.15, 0.2) is 52.9 Å². The molecule has 5 nitrogen and oxygen atoms in total. The number of benzene rings is 2. The molecule has 0 saturated carbocycles. The number of thioether (sulfide) groups is 1. The molecule has 0 radical (unpaired) electrons. The fourth-order valence-electron chi connectivity index (χ4n) is 2.44. The number of halogens is 9. The van der Waals surface area contributed by atoms with Crippen LogP contribution >= 0.6 is 11.8 Å². The molecule has 1 unspecified atom stereocenters. The van der Waals surface area contributed by atoms with Gasteiger partial charge in [0.1, 0.15) is 17.2 Å². The summed E-state index contributed by atoms with van der Waals surface area (Å²) in [5.74, 6) is -2.65. The molecule has 0 aliphatic carbocycles. The zero-order valence-electron chi connectivity index (χ0n) is 16.1. The van der Waals surface area contributed by atoms with Gasteiger partial charge in [-0.05, 0) is 60.3 Å². The van der Waals surface area contributed by atoms with Gasteiger partial charge >= 0.3 is 24.0 Å². The summed E-state index contributed by atoms with van der Waals surface area (Å²) in [6.45, 7) is 0. The normalized spacial score (nSPS) is 15.8. The molecule has 34 heavy (non-hydrogen) atoms. The fraction of sp³-hybridized carbons (Fsp3) is 0.211. The van der Waals surface area contributed by atoms with Crippen molar-refractivity contribution in [3.05, 3.63) is 53.6 Å². The first-order valence-electron chi connectivity index (χ1n) is 8.57. The maximum Gasteiger partial charge on any atom is 0.573 e. The Kier molecular flexibility index (Phi) is 7.90. The van der Waals surface area contributed by atoms with Crippen LogP contribution in [0.3, 0.4) is 0 Å². The van der Waals surface area contributed by atoms with E-state index >= 15 is 0 Å². The summed E-state index contributed by atoms with van der Waals surface area (Å²) in [4.78, 5) is 10.6. The lowest BCUT2D eigenvalue weighted by molar-refractivity contribution is -0.274. The van der Waals surface area contributed by atoms with Crippen LogP contribution in [-0.4, -0.2) is 40.3 Å². The SMILES string of the molecule is O=C(O)C1=Cc2cc(SC(F)(F)F)ccc2OC1C(F)(F)F.Oc1ccc(OC(F)(F)F)cc1. The summed E-state index contributed by atoms with van der Waals surface area (Å²) < 4.78 is 118. The van der Waals surface area contributed by atoms with Crippen LogP contribution in [0.5, 0.6) is 17.2 Å². The van der Waals surface area contributed by atoms with E-state index in [4.69, 9.17) is 10.2 Å². The first kappa shape index (κ1) is 27.0. The molecule has 0 amide bonds. The van der Waals surface area contributed by atoms with E-state index in [0.29, 0.717) is 6.08 Å². The van der Waals surface area contributed by atoms with Crippen LogP contribution < -0.4 is 9.47 Å². The fourth-order valence-corrected chi connectivity index (χ4v) is 3.03. The number of hydrogen-bond donors (Lipinski definition) is 2. The predicted octanol–water partition coefficient (Wildman–Crippen LogP) is 6.38. The minimum Gasteiger partial charge on any atom is -0.508 e. The van der Waals surface area contributed by atoms with Gasteiger partial charge < -0.3 is 19.7 Å². The highest BCUT2D eigenvalue weighted by Gasteiger charge is 2.48. The Hall–Kier alpha value is -3.23. The first-order chi connectivity index (χ1) is 15.4. The molecule has 15 heteroatoms. The number of hydrogen-bond acceptors (Lipinski definition) is 5. The van der Waals surface area contributed by atoms with Gasteiger partial charge in [0.05, 0.1) is 5.57 Å². The highest BCUT2D eigenvalue weighted by atomic mass is 32.2. The van der Waals surface area contributed by atoms with Gasteiger partial charge in [-0.2, -0.15) is 26.3 Å². The number of aromatic hydroxyl groups is 1. The molecule has 2 N–H and O–H groups in total. The Morgan fingerprint density at radius 3 is 2.00 bits per heavy atom. The van der Waals surface area contributed by atoms with Crippen molar-refractivity contribution in [1.82, 2.24) is 0 Å². The number of carbonyl (C=O) groups is 1. The zero-order chi connectivity index (χ0) is 25.9. The van der Waals surface area contributed by atoms with Crippen molar-refractivity contribution in [3.63, 3.8) is 0 Å². The highest BCUT2D eigenvalue weighted by Crippen LogP contribution is 2.42. The minimum absolute atomic E-state index is 0.107. The quantitative estimate of drug-likeness (QED) is 0.360. The third kappa shape index (κ3) is 8.28. The number of carboxylic acids is 1. The van der Waals surface area contributed by atoms with E-state index in [-0.39, 0.29) is 27.7 Å². The van der Waals surface area contributed by atoms with E-state index in [1.165, 1.54) is 0 Å². The molecule has 0 spiro atoms. The molecule has 3 rings (SSSR count). The van der Waals surface area contributed by atoms with Gasteiger partial charge in [0.25, 0.3) is 0 Å². The molecule has 1 aliphatic rings. The standard InChI is InChI=1S/C12H6F6O3S.C7H5F3O2/c13-11(14,15)9-7(10(19)20)4-5-3-6(22-12(16,17)18)1-2-8(5)21-9;8-7(9,10)12-6-3-1-5(11)2-4-6/h1-4,9H,(H,19,20);1-4,11H. The lowest BCUT2D eigenvalue weighted by atomic mass is 10.0. The number of phenolic OH excluding ortho intramolecular Hbond substituents is 1.